The van der Waals surface area contributed by atoms with Crippen LogP contribution < -0.4 is 14.4 Å². The molecule has 1 N–H and O–H groups in total. The first-order valence-electron chi connectivity index (χ1n) is 9.81. The minimum absolute atomic E-state index is 0.172. The summed E-state index contributed by atoms with van der Waals surface area (Å²) in [6.45, 7) is 6.31. The lowest BCUT2D eigenvalue weighted by molar-refractivity contribution is -0.120. The van der Waals surface area contributed by atoms with Crippen LogP contribution in [0.2, 0.25) is 0 Å². The van der Waals surface area contributed by atoms with Gasteiger partial charge in [-0.3, -0.25) is 9.10 Å². The lowest BCUT2D eigenvalue weighted by Gasteiger charge is -2.24. The number of anilines is 1. The maximum absolute atomic E-state index is 12.6. The molecule has 0 bridgehead atoms. The summed E-state index contributed by atoms with van der Waals surface area (Å²) in [5.74, 6) is 0.313. The Bertz CT molecular complexity index is 893. The summed E-state index contributed by atoms with van der Waals surface area (Å²) in [5.41, 5.74) is 2.56. The standard InChI is InChI=1S/C22H30N2O4S/c1-5-15-28-20-13-11-19(12-14-20)24(29(4,26)27)16-22(25)23-21(6-2)18-9-7-17(3)8-10-18/h7-14,21H,5-6,15-16H2,1-4H3,(H,23,25)/t21-/m1/s1. The summed E-state index contributed by atoms with van der Waals surface area (Å²) < 4.78 is 31.2. The molecule has 0 heterocycles. The van der Waals surface area contributed by atoms with Gasteiger partial charge in [0, 0.05) is 0 Å². The number of aryl methyl sites for hydroxylation is 1. The van der Waals surface area contributed by atoms with E-state index < -0.39 is 10.0 Å². The first-order chi connectivity index (χ1) is 13.7. The number of hydrogen-bond acceptors (Lipinski definition) is 4. The third-order valence-corrected chi connectivity index (χ3v) is 5.65. The van der Waals surface area contributed by atoms with Crippen molar-refractivity contribution in [2.24, 2.45) is 0 Å². The predicted octanol–water partition coefficient (Wildman–Crippen LogP) is 3.82. The first kappa shape index (κ1) is 22.7. The number of ether oxygens (including phenoxy) is 1. The number of benzene rings is 2. The number of carbonyl (C=O) groups excluding carboxylic acids is 1. The highest BCUT2D eigenvalue weighted by Gasteiger charge is 2.22. The van der Waals surface area contributed by atoms with Crippen molar-refractivity contribution in [1.82, 2.24) is 5.32 Å². The summed E-state index contributed by atoms with van der Waals surface area (Å²) in [7, 11) is -3.62. The number of hydrogen-bond donors (Lipinski definition) is 1. The van der Waals surface area contributed by atoms with E-state index in [0.29, 0.717) is 24.5 Å². The van der Waals surface area contributed by atoms with Crippen molar-refractivity contribution in [3.63, 3.8) is 0 Å². The first-order valence-corrected chi connectivity index (χ1v) is 11.7. The van der Waals surface area contributed by atoms with E-state index in [2.05, 4.69) is 5.32 Å². The average Bonchev–Trinajstić information content (AvgIpc) is 2.69. The fourth-order valence-electron chi connectivity index (χ4n) is 2.92. The molecule has 0 aliphatic rings. The van der Waals surface area contributed by atoms with Gasteiger partial charge >= 0.3 is 0 Å². The fraction of sp³-hybridized carbons (Fsp3) is 0.409. The topological polar surface area (TPSA) is 75.7 Å². The van der Waals surface area contributed by atoms with Gasteiger partial charge in [0.05, 0.1) is 24.6 Å². The highest BCUT2D eigenvalue weighted by atomic mass is 32.2. The van der Waals surface area contributed by atoms with E-state index >= 15 is 0 Å². The molecule has 0 aliphatic carbocycles. The molecular weight excluding hydrogens is 388 g/mol. The molecule has 2 rings (SSSR count). The van der Waals surface area contributed by atoms with E-state index in [1.165, 1.54) is 0 Å². The molecule has 1 atom stereocenters. The van der Waals surface area contributed by atoms with Crippen LogP contribution in [0.5, 0.6) is 5.75 Å². The number of rotatable bonds is 10. The summed E-state index contributed by atoms with van der Waals surface area (Å²) in [6, 6.07) is 14.5. The van der Waals surface area contributed by atoms with Gasteiger partial charge in [0.1, 0.15) is 12.3 Å². The Kier molecular flexibility index (Phi) is 8.08. The summed E-state index contributed by atoms with van der Waals surface area (Å²) in [6.07, 6.45) is 2.69. The Morgan fingerprint density at radius 3 is 2.21 bits per heavy atom. The number of sulfonamides is 1. The van der Waals surface area contributed by atoms with Crippen LogP contribution in [0.15, 0.2) is 48.5 Å². The van der Waals surface area contributed by atoms with Crippen LogP contribution >= 0.6 is 0 Å². The fourth-order valence-corrected chi connectivity index (χ4v) is 3.78. The van der Waals surface area contributed by atoms with E-state index in [1.54, 1.807) is 24.3 Å². The van der Waals surface area contributed by atoms with E-state index in [9.17, 15) is 13.2 Å². The van der Waals surface area contributed by atoms with E-state index in [1.807, 2.05) is 45.0 Å². The Balaban J connectivity index is 2.13. The summed E-state index contributed by atoms with van der Waals surface area (Å²) in [5, 5.41) is 2.94. The SMILES string of the molecule is CCCOc1ccc(N(CC(=O)N[C@H](CC)c2ccc(C)cc2)S(C)(=O)=O)cc1. The second-order valence-corrected chi connectivity index (χ2v) is 8.96. The van der Waals surface area contributed by atoms with Crippen LogP contribution in [-0.4, -0.2) is 33.7 Å². The molecule has 29 heavy (non-hydrogen) atoms. The van der Waals surface area contributed by atoms with Gasteiger partial charge in [0.15, 0.2) is 0 Å². The molecule has 2 aromatic carbocycles. The Labute approximate surface area is 173 Å². The smallest absolute Gasteiger partial charge is 0.241 e. The molecule has 0 aromatic heterocycles. The molecule has 0 saturated carbocycles. The Morgan fingerprint density at radius 2 is 1.69 bits per heavy atom. The van der Waals surface area contributed by atoms with Gasteiger partial charge in [-0.2, -0.15) is 0 Å². The molecule has 7 heteroatoms. The van der Waals surface area contributed by atoms with Crippen LogP contribution in [0.25, 0.3) is 0 Å². The largest absolute Gasteiger partial charge is 0.494 e. The number of amides is 1. The van der Waals surface area contributed by atoms with Gasteiger partial charge in [-0.15, -0.1) is 0 Å². The zero-order valence-corrected chi connectivity index (χ0v) is 18.3. The van der Waals surface area contributed by atoms with E-state index in [0.717, 1.165) is 28.1 Å². The van der Waals surface area contributed by atoms with Crippen LogP contribution in [0.4, 0.5) is 5.69 Å². The lowest BCUT2D eigenvalue weighted by atomic mass is 10.0. The van der Waals surface area contributed by atoms with Gasteiger partial charge in [0.2, 0.25) is 15.9 Å². The van der Waals surface area contributed by atoms with Crippen molar-refractivity contribution < 1.29 is 17.9 Å². The van der Waals surface area contributed by atoms with E-state index in [-0.39, 0.29) is 18.5 Å². The van der Waals surface area contributed by atoms with Crippen LogP contribution in [0.1, 0.15) is 43.9 Å². The van der Waals surface area contributed by atoms with Crippen LogP contribution in [-0.2, 0) is 14.8 Å². The van der Waals surface area contributed by atoms with Crippen LogP contribution in [0.3, 0.4) is 0 Å². The number of nitrogens with one attached hydrogen (secondary N) is 1. The number of carbonyl (C=O) groups is 1. The monoisotopic (exact) mass is 418 g/mol. The summed E-state index contributed by atoms with van der Waals surface area (Å²) in [4.78, 5) is 12.6. The molecule has 158 valence electrons. The minimum Gasteiger partial charge on any atom is -0.494 e. The summed E-state index contributed by atoms with van der Waals surface area (Å²) >= 11 is 0. The second-order valence-electron chi connectivity index (χ2n) is 7.05. The van der Waals surface area contributed by atoms with Gasteiger partial charge in [-0.1, -0.05) is 43.7 Å². The number of nitrogens with zero attached hydrogens (tertiary/aromatic N) is 1. The molecule has 0 saturated heterocycles. The van der Waals surface area contributed by atoms with Gasteiger partial charge < -0.3 is 10.1 Å². The van der Waals surface area contributed by atoms with Crippen molar-refractivity contribution in [2.75, 3.05) is 23.7 Å². The normalized spacial score (nSPS) is 12.3. The van der Waals surface area contributed by atoms with Crippen molar-refractivity contribution in [2.45, 2.75) is 39.7 Å². The molecule has 0 spiro atoms. The molecule has 0 aliphatic heterocycles. The van der Waals surface area contributed by atoms with E-state index in [4.69, 9.17) is 4.74 Å². The minimum atomic E-state index is -3.62. The maximum atomic E-state index is 12.6. The molecule has 0 unspecified atom stereocenters. The highest BCUT2D eigenvalue weighted by molar-refractivity contribution is 7.92. The molecular formula is C22H30N2O4S. The van der Waals surface area contributed by atoms with Gasteiger partial charge in [-0.05, 0) is 49.6 Å². The van der Waals surface area contributed by atoms with Crippen LogP contribution in [0, 0.1) is 6.92 Å². The molecule has 0 fully saturated rings. The highest BCUT2D eigenvalue weighted by Crippen LogP contribution is 2.22. The average molecular weight is 419 g/mol. The van der Waals surface area contributed by atoms with Crippen molar-refractivity contribution in [3.05, 3.63) is 59.7 Å². The Hall–Kier alpha value is -2.54. The quantitative estimate of drug-likeness (QED) is 0.636. The molecule has 1 amide bonds. The van der Waals surface area contributed by atoms with Gasteiger partial charge in [-0.25, -0.2) is 8.42 Å². The lowest BCUT2D eigenvalue weighted by Crippen LogP contribution is -2.41. The van der Waals surface area contributed by atoms with Gasteiger partial charge in [0.25, 0.3) is 0 Å². The molecule has 6 nitrogen and oxygen atoms in total. The second kappa shape index (κ2) is 10.3. The molecule has 2 aromatic rings. The molecule has 0 radical (unpaired) electrons. The van der Waals surface area contributed by atoms with Crippen molar-refractivity contribution in [3.8, 4) is 5.75 Å². The predicted molar refractivity (Wildman–Crippen MR) is 117 cm³/mol. The maximum Gasteiger partial charge on any atom is 0.241 e. The Morgan fingerprint density at radius 1 is 1.07 bits per heavy atom. The van der Waals surface area contributed by atoms with Crippen molar-refractivity contribution >= 4 is 21.6 Å². The zero-order valence-electron chi connectivity index (χ0n) is 17.5. The third kappa shape index (κ3) is 6.78. The third-order valence-electron chi connectivity index (χ3n) is 4.51. The van der Waals surface area contributed by atoms with Crippen molar-refractivity contribution in [1.29, 1.82) is 0 Å². The zero-order chi connectivity index (χ0) is 21.4.